The summed E-state index contributed by atoms with van der Waals surface area (Å²) >= 11 is 0. The highest BCUT2D eigenvalue weighted by Crippen LogP contribution is 2.12. The van der Waals surface area contributed by atoms with Crippen LogP contribution in [-0.2, 0) is 4.74 Å². The Bertz CT molecular complexity index is 187. The Morgan fingerprint density at radius 1 is 1.12 bits per heavy atom. The van der Waals surface area contributed by atoms with Gasteiger partial charge in [0.2, 0.25) is 0 Å². The van der Waals surface area contributed by atoms with Gasteiger partial charge in [-0.25, -0.2) is 0 Å². The minimum absolute atomic E-state index is 0.249. The molecule has 0 aliphatic carbocycles. The third-order valence-corrected chi connectivity index (χ3v) is 3.49. The van der Waals surface area contributed by atoms with Crippen LogP contribution >= 0.6 is 0 Å². The molecule has 0 saturated carbocycles. The van der Waals surface area contributed by atoms with Crippen molar-refractivity contribution in [3.05, 3.63) is 0 Å². The molecule has 0 aromatic heterocycles. The summed E-state index contributed by atoms with van der Waals surface area (Å²) < 4.78 is 5.76. The van der Waals surface area contributed by atoms with Gasteiger partial charge in [0.15, 0.2) is 0 Å². The zero-order valence-corrected chi connectivity index (χ0v) is 11.7. The van der Waals surface area contributed by atoms with E-state index >= 15 is 0 Å². The van der Waals surface area contributed by atoms with Gasteiger partial charge in [0.05, 0.1) is 12.2 Å². The molecule has 3 heteroatoms. The molecule has 102 valence electrons. The molecule has 0 spiro atoms. The third-order valence-electron chi connectivity index (χ3n) is 3.49. The Hall–Kier alpha value is -0.120. The van der Waals surface area contributed by atoms with Crippen molar-refractivity contribution in [2.24, 2.45) is 5.73 Å². The van der Waals surface area contributed by atoms with Crippen LogP contribution in [0.2, 0.25) is 0 Å². The molecule has 1 saturated heterocycles. The van der Waals surface area contributed by atoms with Gasteiger partial charge in [0, 0.05) is 19.6 Å². The molecule has 0 aromatic rings. The molecule has 0 radical (unpaired) electrons. The van der Waals surface area contributed by atoms with Crippen LogP contribution in [-0.4, -0.2) is 43.3 Å². The van der Waals surface area contributed by atoms with Crippen molar-refractivity contribution in [2.75, 3.05) is 26.2 Å². The van der Waals surface area contributed by atoms with Crippen molar-refractivity contribution >= 4 is 0 Å². The molecular weight excluding hydrogens is 212 g/mol. The number of ether oxygens (including phenoxy) is 1. The van der Waals surface area contributed by atoms with E-state index < -0.39 is 0 Å². The second-order valence-electron chi connectivity index (χ2n) is 5.33. The van der Waals surface area contributed by atoms with Crippen LogP contribution in [0.1, 0.15) is 52.4 Å². The fraction of sp³-hybridized carbons (Fsp3) is 1.00. The number of hydrogen-bond acceptors (Lipinski definition) is 3. The van der Waals surface area contributed by atoms with Crippen LogP contribution in [0.5, 0.6) is 0 Å². The zero-order valence-electron chi connectivity index (χ0n) is 11.7. The lowest BCUT2D eigenvalue weighted by Crippen LogP contribution is -2.49. The van der Waals surface area contributed by atoms with Crippen LogP contribution in [0, 0.1) is 0 Å². The first kappa shape index (κ1) is 14.9. The van der Waals surface area contributed by atoms with Gasteiger partial charge in [-0.2, -0.15) is 0 Å². The van der Waals surface area contributed by atoms with E-state index in [2.05, 4.69) is 18.7 Å². The normalized spacial score (nSPS) is 26.3. The maximum absolute atomic E-state index is 5.76. The van der Waals surface area contributed by atoms with Crippen LogP contribution in [0.3, 0.4) is 0 Å². The van der Waals surface area contributed by atoms with E-state index in [1.807, 2.05) is 0 Å². The number of nitrogens with zero attached hydrogens (tertiary/aromatic N) is 1. The van der Waals surface area contributed by atoms with E-state index in [9.17, 15) is 0 Å². The molecule has 1 aliphatic heterocycles. The van der Waals surface area contributed by atoms with Gasteiger partial charge in [0.25, 0.3) is 0 Å². The second-order valence-corrected chi connectivity index (χ2v) is 5.33. The van der Waals surface area contributed by atoms with Gasteiger partial charge in [-0.05, 0) is 19.9 Å². The quantitative estimate of drug-likeness (QED) is 0.664. The fourth-order valence-electron chi connectivity index (χ4n) is 2.57. The van der Waals surface area contributed by atoms with Crippen molar-refractivity contribution in [1.29, 1.82) is 0 Å². The summed E-state index contributed by atoms with van der Waals surface area (Å²) in [6.07, 6.45) is 8.82. The predicted octanol–water partition coefficient (Wildman–Crippen LogP) is 2.39. The molecule has 0 bridgehead atoms. The number of rotatable bonds is 8. The summed E-state index contributed by atoms with van der Waals surface area (Å²) in [5.74, 6) is 0. The van der Waals surface area contributed by atoms with Crippen molar-refractivity contribution in [1.82, 2.24) is 4.90 Å². The minimum Gasteiger partial charge on any atom is -0.371 e. The second kappa shape index (κ2) is 8.90. The fourth-order valence-corrected chi connectivity index (χ4v) is 2.57. The van der Waals surface area contributed by atoms with Crippen molar-refractivity contribution in [2.45, 2.75) is 64.6 Å². The average Bonchev–Trinajstić information content (AvgIpc) is 2.33. The SMILES string of the molecule is CCCCCCCCN1CC(C)OC(CN)C1. The summed E-state index contributed by atoms with van der Waals surface area (Å²) in [7, 11) is 0. The Balaban J connectivity index is 2.05. The van der Waals surface area contributed by atoms with Gasteiger partial charge < -0.3 is 10.5 Å². The standard InChI is InChI=1S/C14H30N2O/c1-3-4-5-6-7-8-9-16-11-13(2)17-14(10-15)12-16/h13-14H,3-12,15H2,1-2H3. The molecule has 17 heavy (non-hydrogen) atoms. The van der Waals surface area contributed by atoms with Crippen molar-refractivity contribution in [3.8, 4) is 0 Å². The van der Waals surface area contributed by atoms with Crippen molar-refractivity contribution < 1.29 is 4.74 Å². The van der Waals surface area contributed by atoms with Gasteiger partial charge in [-0.15, -0.1) is 0 Å². The lowest BCUT2D eigenvalue weighted by molar-refractivity contribution is -0.0722. The topological polar surface area (TPSA) is 38.5 Å². The molecule has 2 N–H and O–H groups in total. The maximum Gasteiger partial charge on any atom is 0.0828 e. The molecule has 1 rings (SSSR count). The molecule has 2 unspecified atom stereocenters. The van der Waals surface area contributed by atoms with Crippen LogP contribution in [0.25, 0.3) is 0 Å². The van der Waals surface area contributed by atoms with Gasteiger partial charge in [-0.3, -0.25) is 4.90 Å². The lowest BCUT2D eigenvalue weighted by Gasteiger charge is -2.36. The number of morpholine rings is 1. The molecule has 1 aliphatic rings. The Morgan fingerprint density at radius 3 is 2.53 bits per heavy atom. The molecule has 3 nitrogen and oxygen atoms in total. The van der Waals surface area contributed by atoms with E-state index in [-0.39, 0.29) is 6.10 Å². The molecular formula is C14H30N2O. The first-order chi connectivity index (χ1) is 8.26. The highest BCUT2D eigenvalue weighted by Gasteiger charge is 2.23. The molecule has 0 amide bonds. The largest absolute Gasteiger partial charge is 0.371 e. The summed E-state index contributed by atoms with van der Waals surface area (Å²) in [6.45, 7) is 8.38. The minimum atomic E-state index is 0.249. The van der Waals surface area contributed by atoms with Crippen molar-refractivity contribution in [3.63, 3.8) is 0 Å². The molecule has 1 fully saturated rings. The van der Waals surface area contributed by atoms with Gasteiger partial charge in [0.1, 0.15) is 0 Å². The monoisotopic (exact) mass is 242 g/mol. The first-order valence-electron chi connectivity index (χ1n) is 7.34. The predicted molar refractivity (Wildman–Crippen MR) is 73.2 cm³/mol. The Morgan fingerprint density at radius 2 is 1.82 bits per heavy atom. The van der Waals surface area contributed by atoms with Crippen LogP contribution in [0.15, 0.2) is 0 Å². The molecule has 0 aromatic carbocycles. The maximum atomic E-state index is 5.76. The lowest BCUT2D eigenvalue weighted by atomic mass is 10.1. The zero-order chi connectivity index (χ0) is 12.5. The Labute approximate surface area is 107 Å². The van der Waals surface area contributed by atoms with E-state index in [0.29, 0.717) is 12.6 Å². The first-order valence-corrected chi connectivity index (χ1v) is 7.34. The number of hydrogen-bond donors (Lipinski definition) is 1. The van der Waals surface area contributed by atoms with Gasteiger partial charge >= 0.3 is 0 Å². The highest BCUT2D eigenvalue weighted by atomic mass is 16.5. The molecule has 2 atom stereocenters. The van der Waals surface area contributed by atoms with Crippen LogP contribution < -0.4 is 5.73 Å². The van der Waals surface area contributed by atoms with E-state index in [1.165, 1.54) is 45.1 Å². The Kier molecular flexibility index (Phi) is 7.82. The summed E-state index contributed by atoms with van der Waals surface area (Å²) in [4.78, 5) is 2.52. The smallest absolute Gasteiger partial charge is 0.0828 e. The number of nitrogens with two attached hydrogens (primary N) is 1. The van der Waals surface area contributed by atoms with Gasteiger partial charge in [-0.1, -0.05) is 39.0 Å². The van der Waals surface area contributed by atoms with E-state index in [4.69, 9.17) is 10.5 Å². The third kappa shape index (κ3) is 6.39. The number of unbranched alkanes of at least 4 members (excludes halogenated alkanes) is 5. The van der Waals surface area contributed by atoms with E-state index in [1.54, 1.807) is 0 Å². The summed E-state index contributed by atoms with van der Waals surface area (Å²) in [5, 5.41) is 0. The van der Waals surface area contributed by atoms with E-state index in [0.717, 1.165) is 13.1 Å². The highest BCUT2D eigenvalue weighted by molar-refractivity contribution is 4.76. The molecule has 1 heterocycles. The summed E-state index contributed by atoms with van der Waals surface area (Å²) in [6, 6.07) is 0. The summed E-state index contributed by atoms with van der Waals surface area (Å²) in [5.41, 5.74) is 5.69. The average molecular weight is 242 g/mol. The van der Waals surface area contributed by atoms with Crippen LogP contribution in [0.4, 0.5) is 0 Å².